The average molecular weight is 273 g/mol. The van der Waals surface area contributed by atoms with Gasteiger partial charge in [0.1, 0.15) is 5.75 Å². The molecule has 3 heteroatoms. The lowest BCUT2D eigenvalue weighted by atomic mass is 9.66. The van der Waals surface area contributed by atoms with Crippen LogP contribution < -0.4 is 4.74 Å². The van der Waals surface area contributed by atoms with Crippen LogP contribution in [0.2, 0.25) is 0 Å². The fourth-order valence-electron chi connectivity index (χ4n) is 3.29. The van der Waals surface area contributed by atoms with Gasteiger partial charge in [-0.3, -0.25) is 0 Å². The number of para-hydroxylation sites is 1. The maximum Gasteiger partial charge on any atom is 0.122 e. The van der Waals surface area contributed by atoms with Gasteiger partial charge in [0, 0.05) is 24.0 Å². The van der Waals surface area contributed by atoms with Crippen LogP contribution in [0.4, 0.5) is 0 Å². The summed E-state index contributed by atoms with van der Waals surface area (Å²) in [6, 6.07) is 10.4. The standard InChI is InChI=1S/C17H23NO2/c1-4-16(2)13-17(9-11-18,10-12-20-16)14-7-5-6-8-15(14)19-3/h5-8H,4,9-10,12-13H2,1-3H3/t16-,17+/m1/s1. The Hall–Kier alpha value is -1.53. The predicted molar refractivity (Wildman–Crippen MR) is 78.8 cm³/mol. The number of methoxy groups -OCH3 is 1. The van der Waals surface area contributed by atoms with E-state index in [4.69, 9.17) is 9.47 Å². The Morgan fingerprint density at radius 1 is 1.40 bits per heavy atom. The van der Waals surface area contributed by atoms with Gasteiger partial charge in [-0.25, -0.2) is 0 Å². The molecule has 0 unspecified atom stereocenters. The molecule has 0 radical (unpaired) electrons. The molecule has 1 aromatic rings. The molecule has 1 aliphatic rings. The van der Waals surface area contributed by atoms with Crippen molar-refractivity contribution in [3.8, 4) is 11.8 Å². The third-order valence-electron chi connectivity index (χ3n) is 4.59. The highest BCUT2D eigenvalue weighted by Crippen LogP contribution is 2.47. The summed E-state index contributed by atoms with van der Waals surface area (Å²) in [5.74, 6) is 0.878. The molecule has 0 spiro atoms. The summed E-state index contributed by atoms with van der Waals surface area (Å²) >= 11 is 0. The van der Waals surface area contributed by atoms with Gasteiger partial charge < -0.3 is 9.47 Å². The van der Waals surface area contributed by atoms with E-state index in [1.54, 1.807) is 7.11 Å². The van der Waals surface area contributed by atoms with Crippen molar-refractivity contribution in [3.05, 3.63) is 29.8 Å². The number of nitrogens with zero attached hydrogens (tertiary/aromatic N) is 1. The second-order valence-corrected chi connectivity index (χ2v) is 5.89. The van der Waals surface area contributed by atoms with Crippen molar-refractivity contribution < 1.29 is 9.47 Å². The zero-order valence-electron chi connectivity index (χ0n) is 12.6. The Labute approximate surface area is 121 Å². The predicted octanol–water partition coefficient (Wildman–Crippen LogP) is 3.83. The Morgan fingerprint density at radius 2 is 2.15 bits per heavy atom. The molecule has 0 saturated carbocycles. The summed E-state index contributed by atoms with van der Waals surface area (Å²) in [4.78, 5) is 0. The molecule has 0 aromatic heterocycles. The average Bonchev–Trinajstić information content (AvgIpc) is 2.47. The first kappa shape index (κ1) is 14.9. The first-order valence-electron chi connectivity index (χ1n) is 7.23. The van der Waals surface area contributed by atoms with Gasteiger partial charge in [0.25, 0.3) is 0 Å². The summed E-state index contributed by atoms with van der Waals surface area (Å²) < 4.78 is 11.5. The number of benzene rings is 1. The number of hydrogen-bond donors (Lipinski definition) is 0. The van der Waals surface area contributed by atoms with Crippen LogP contribution >= 0.6 is 0 Å². The molecule has 3 nitrogen and oxygen atoms in total. The zero-order chi connectivity index (χ0) is 14.6. The summed E-state index contributed by atoms with van der Waals surface area (Å²) in [6.45, 7) is 4.99. The minimum absolute atomic E-state index is 0.157. The molecule has 108 valence electrons. The van der Waals surface area contributed by atoms with Gasteiger partial charge in [-0.1, -0.05) is 25.1 Å². The Kier molecular flexibility index (Phi) is 4.35. The molecule has 1 heterocycles. The van der Waals surface area contributed by atoms with Crippen molar-refractivity contribution in [1.29, 1.82) is 5.26 Å². The van der Waals surface area contributed by atoms with Crippen molar-refractivity contribution in [2.45, 2.75) is 50.5 Å². The molecule has 1 aliphatic heterocycles. The van der Waals surface area contributed by atoms with Crippen LogP contribution in [0.1, 0.15) is 45.1 Å². The minimum atomic E-state index is -0.162. The van der Waals surface area contributed by atoms with E-state index in [9.17, 15) is 5.26 Å². The fraction of sp³-hybridized carbons (Fsp3) is 0.588. The quantitative estimate of drug-likeness (QED) is 0.837. The van der Waals surface area contributed by atoms with Gasteiger partial charge in [-0.05, 0) is 32.3 Å². The first-order chi connectivity index (χ1) is 9.59. The Bertz CT molecular complexity index is 508. The lowest BCUT2D eigenvalue weighted by molar-refractivity contribution is -0.0960. The Balaban J connectivity index is 2.47. The lowest BCUT2D eigenvalue weighted by Crippen LogP contribution is -2.45. The van der Waals surface area contributed by atoms with Gasteiger partial charge in [0.05, 0.1) is 18.8 Å². The lowest BCUT2D eigenvalue weighted by Gasteiger charge is -2.46. The maximum absolute atomic E-state index is 9.32. The van der Waals surface area contributed by atoms with Gasteiger partial charge in [0.2, 0.25) is 0 Å². The van der Waals surface area contributed by atoms with Gasteiger partial charge in [0.15, 0.2) is 0 Å². The largest absolute Gasteiger partial charge is 0.496 e. The molecule has 1 saturated heterocycles. The molecule has 0 N–H and O–H groups in total. The first-order valence-corrected chi connectivity index (χ1v) is 7.23. The molecule has 0 bridgehead atoms. The monoisotopic (exact) mass is 273 g/mol. The van der Waals surface area contributed by atoms with E-state index < -0.39 is 0 Å². The van der Waals surface area contributed by atoms with Crippen molar-refractivity contribution in [2.75, 3.05) is 13.7 Å². The van der Waals surface area contributed by atoms with E-state index in [1.807, 2.05) is 18.2 Å². The van der Waals surface area contributed by atoms with Crippen LogP contribution in [-0.2, 0) is 10.2 Å². The molecule has 2 atom stereocenters. The van der Waals surface area contributed by atoms with Crippen molar-refractivity contribution in [3.63, 3.8) is 0 Å². The molecule has 0 aliphatic carbocycles. The SMILES string of the molecule is CC[C@]1(C)C[C@@](CC#N)(c2ccccc2OC)CCO1. The normalized spacial score (nSPS) is 29.7. The van der Waals surface area contributed by atoms with Gasteiger partial charge in [-0.15, -0.1) is 0 Å². The number of nitriles is 1. The van der Waals surface area contributed by atoms with Crippen LogP contribution in [0.3, 0.4) is 0 Å². The molecule has 1 aromatic carbocycles. The highest BCUT2D eigenvalue weighted by atomic mass is 16.5. The van der Waals surface area contributed by atoms with E-state index in [-0.39, 0.29) is 11.0 Å². The van der Waals surface area contributed by atoms with E-state index in [0.29, 0.717) is 13.0 Å². The highest BCUT2D eigenvalue weighted by molar-refractivity contribution is 5.41. The molecular formula is C17H23NO2. The van der Waals surface area contributed by atoms with E-state index in [1.165, 1.54) is 0 Å². The third kappa shape index (κ3) is 2.66. The van der Waals surface area contributed by atoms with Crippen LogP contribution in [0.25, 0.3) is 0 Å². The van der Waals surface area contributed by atoms with Crippen LogP contribution in [0.5, 0.6) is 5.75 Å². The van der Waals surface area contributed by atoms with Crippen molar-refractivity contribution in [1.82, 2.24) is 0 Å². The molecular weight excluding hydrogens is 250 g/mol. The van der Waals surface area contributed by atoms with Gasteiger partial charge >= 0.3 is 0 Å². The van der Waals surface area contributed by atoms with Crippen molar-refractivity contribution in [2.24, 2.45) is 0 Å². The summed E-state index contributed by atoms with van der Waals surface area (Å²) in [5.41, 5.74) is 0.826. The van der Waals surface area contributed by atoms with Crippen LogP contribution in [-0.4, -0.2) is 19.3 Å². The molecule has 20 heavy (non-hydrogen) atoms. The molecule has 1 fully saturated rings. The highest BCUT2D eigenvalue weighted by Gasteiger charge is 2.44. The van der Waals surface area contributed by atoms with Crippen LogP contribution in [0, 0.1) is 11.3 Å². The topological polar surface area (TPSA) is 42.2 Å². The second kappa shape index (κ2) is 5.85. The summed E-state index contributed by atoms with van der Waals surface area (Å²) in [6.07, 6.45) is 3.20. The molecule has 2 rings (SSSR count). The zero-order valence-corrected chi connectivity index (χ0v) is 12.6. The smallest absolute Gasteiger partial charge is 0.122 e. The number of rotatable bonds is 4. The van der Waals surface area contributed by atoms with E-state index in [0.717, 1.165) is 30.6 Å². The second-order valence-electron chi connectivity index (χ2n) is 5.89. The summed E-state index contributed by atoms with van der Waals surface area (Å²) in [7, 11) is 1.69. The fourth-order valence-corrected chi connectivity index (χ4v) is 3.29. The molecule has 0 amide bonds. The van der Waals surface area contributed by atoms with E-state index in [2.05, 4.69) is 26.0 Å². The number of hydrogen-bond acceptors (Lipinski definition) is 3. The summed E-state index contributed by atoms with van der Waals surface area (Å²) in [5, 5.41) is 9.32. The minimum Gasteiger partial charge on any atom is -0.496 e. The van der Waals surface area contributed by atoms with Crippen LogP contribution in [0.15, 0.2) is 24.3 Å². The Morgan fingerprint density at radius 3 is 2.80 bits per heavy atom. The maximum atomic E-state index is 9.32. The van der Waals surface area contributed by atoms with Crippen molar-refractivity contribution >= 4 is 0 Å². The van der Waals surface area contributed by atoms with E-state index >= 15 is 0 Å². The third-order valence-corrected chi connectivity index (χ3v) is 4.59. The van der Waals surface area contributed by atoms with Gasteiger partial charge in [-0.2, -0.15) is 5.26 Å². The number of ether oxygens (including phenoxy) is 2.